The largest absolute Gasteiger partial charge is 0.492 e. The maximum Gasteiger partial charge on any atom is 0.407 e. The maximum absolute atomic E-state index is 11.2. The summed E-state index contributed by atoms with van der Waals surface area (Å²) in [6.07, 6.45) is 13.0. The van der Waals surface area contributed by atoms with Crippen molar-refractivity contribution in [1.82, 2.24) is 10.2 Å². The van der Waals surface area contributed by atoms with E-state index in [9.17, 15) is 4.79 Å². The smallest absolute Gasteiger partial charge is 0.407 e. The Morgan fingerprint density at radius 3 is 2.39 bits per heavy atom. The first-order valence-corrected chi connectivity index (χ1v) is 11.0. The molecule has 1 aromatic carbocycles. The number of carbonyl (C=O) groups excluding carboxylic acids is 1. The fourth-order valence-electron chi connectivity index (χ4n) is 2.30. The lowest BCUT2D eigenvalue weighted by atomic mass is 10.0. The van der Waals surface area contributed by atoms with Crippen LogP contribution in [0.5, 0.6) is 5.75 Å². The Morgan fingerprint density at radius 1 is 1.19 bits per heavy atom. The van der Waals surface area contributed by atoms with Gasteiger partial charge in [-0.15, -0.1) is 12.8 Å². The average molecular weight is 433 g/mol. The first-order chi connectivity index (χ1) is 14.7. The van der Waals surface area contributed by atoms with E-state index in [-0.39, 0.29) is 0 Å². The Bertz CT molecular complexity index is 613. The van der Waals surface area contributed by atoms with Crippen molar-refractivity contribution in [2.75, 3.05) is 32.8 Å². The molecule has 0 saturated heterocycles. The average Bonchev–Trinajstić information content (AvgIpc) is 2.70. The second-order valence-electron chi connectivity index (χ2n) is 8.45. The number of nitrogens with one attached hydrogen (secondary N) is 1. The van der Waals surface area contributed by atoms with Crippen molar-refractivity contribution in [2.24, 2.45) is 5.41 Å². The van der Waals surface area contributed by atoms with Crippen molar-refractivity contribution in [3.63, 3.8) is 0 Å². The lowest BCUT2D eigenvalue weighted by molar-refractivity contribution is 0.150. The Kier molecular flexibility index (Phi) is 19.3. The van der Waals surface area contributed by atoms with Gasteiger partial charge in [-0.3, -0.25) is 4.90 Å². The summed E-state index contributed by atoms with van der Waals surface area (Å²) in [6.45, 7) is 18.9. The van der Waals surface area contributed by atoms with Gasteiger partial charge >= 0.3 is 6.09 Å². The third-order valence-electron chi connectivity index (χ3n) is 3.36. The third kappa shape index (κ3) is 22.1. The number of hydrogen-bond acceptors (Lipinski definition) is 4. The summed E-state index contributed by atoms with van der Waals surface area (Å²) in [5.41, 5.74) is 1.73. The van der Waals surface area contributed by atoms with Crippen molar-refractivity contribution < 1.29 is 14.3 Å². The van der Waals surface area contributed by atoms with Gasteiger partial charge in [0.2, 0.25) is 0 Å². The molecule has 0 radical (unpaired) electrons. The fourth-order valence-corrected chi connectivity index (χ4v) is 2.30. The number of rotatable bonds is 11. The van der Waals surface area contributed by atoms with Gasteiger partial charge in [0.1, 0.15) is 12.4 Å². The number of allylic oxidation sites excluding steroid dienone is 1. The summed E-state index contributed by atoms with van der Waals surface area (Å²) in [4.78, 5) is 13.6. The Morgan fingerprint density at radius 2 is 1.84 bits per heavy atom. The molecule has 1 aromatic rings. The molecule has 0 heterocycles. The fraction of sp³-hybridized carbons (Fsp3) is 0.577. The molecule has 0 fully saturated rings. The van der Waals surface area contributed by atoms with Gasteiger partial charge in [0, 0.05) is 13.1 Å². The van der Waals surface area contributed by atoms with Crippen molar-refractivity contribution in [3.8, 4) is 18.6 Å². The third-order valence-corrected chi connectivity index (χ3v) is 3.36. The van der Waals surface area contributed by atoms with Crippen LogP contribution in [0, 0.1) is 18.3 Å². The molecule has 1 rings (SSSR count). The van der Waals surface area contributed by atoms with E-state index >= 15 is 0 Å². The lowest BCUT2D eigenvalue weighted by Gasteiger charge is -2.20. The first kappa shape index (κ1) is 30.7. The Balaban J connectivity index is 0. The van der Waals surface area contributed by atoms with E-state index in [1.165, 1.54) is 5.56 Å². The molecule has 0 saturated carbocycles. The van der Waals surface area contributed by atoms with Crippen LogP contribution in [0.15, 0.2) is 36.4 Å². The molecule has 0 aliphatic rings. The number of benzene rings is 1. The summed E-state index contributed by atoms with van der Waals surface area (Å²) in [5.74, 6) is 0.820. The minimum absolute atomic E-state index is 0.371. The standard InChI is InChI=1S/C19H30N2O3.C5H12.C2H2/c1-4-7-13-21(12-5-2)16-17-9-8-10-18(15-17)24-14-11-20-19(22)23-6-3;1-5(2,3)4;1-2/h4,7-10,15H,5-6,11-14,16H2,1-3H3,(H,20,22);1-4H3;1-2H/b7-4+;;. The molecule has 1 N–H and O–H groups in total. The van der Waals surface area contributed by atoms with Crippen molar-refractivity contribution in [3.05, 3.63) is 42.0 Å². The maximum atomic E-state index is 11.2. The molecule has 0 aliphatic heterocycles. The Labute approximate surface area is 191 Å². The van der Waals surface area contributed by atoms with Crippen LogP contribution >= 0.6 is 0 Å². The number of ether oxygens (including phenoxy) is 2. The van der Waals surface area contributed by atoms with Crippen LogP contribution in [0.2, 0.25) is 0 Å². The zero-order chi connectivity index (χ0) is 24.1. The number of nitrogens with zero attached hydrogens (tertiary/aromatic N) is 1. The molecule has 0 unspecified atom stereocenters. The molecular formula is C26H44N2O3. The number of alkyl carbamates (subject to hydrolysis) is 1. The van der Waals surface area contributed by atoms with E-state index in [4.69, 9.17) is 9.47 Å². The molecule has 5 heteroatoms. The summed E-state index contributed by atoms with van der Waals surface area (Å²) in [5, 5.41) is 2.64. The van der Waals surface area contributed by atoms with Crippen LogP contribution in [0.25, 0.3) is 0 Å². The highest BCUT2D eigenvalue weighted by molar-refractivity contribution is 5.66. The minimum atomic E-state index is -0.408. The van der Waals surface area contributed by atoms with E-state index in [0.717, 1.165) is 31.8 Å². The van der Waals surface area contributed by atoms with Crippen LogP contribution in [0.1, 0.15) is 60.5 Å². The zero-order valence-corrected chi connectivity index (χ0v) is 20.7. The number of amides is 1. The summed E-state index contributed by atoms with van der Waals surface area (Å²) in [7, 11) is 0. The van der Waals surface area contributed by atoms with Gasteiger partial charge in [-0.2, -0.15) is 0 Å². The minimum Gasteiger partial charge on any atom is -0.492 e. The topological polar surface area (TPSA) is 50.8 Å². The van der Waals surface area contributed by atoms with E-state index in [0.29, 0.717) is 25.2 Å². The highest BCUT2D eigenvalue weighted by atomic mass is 16.5. The molecule has 176 valence electrons. The molecule has 5 nitrogen and oxygen atoms in total. The zero-order valence-electron chi connectivity index (χ0n) is 20.7. The molecule has 0 spiro atoms. The van der Waals surface area contributed by atoms with Crippen LogP contribution in [-0.4, -0.2) is 43.8 Å². The summed E-state index contributed by atoms with van der Waals surface area (Å²) < 4.78 is 10.5. The van der Waals surface area contributed by atoms with Crippen LogP contribution in [-0.2, 0) is 11.3 Å². The molecular weight excluding hydrogens is 388 g/mol. The molecule has 0 aromatic heterocycles. The van der Waals surface area contributed by atoms with Crippen molar-refractivity contribution >= 4 is 6.09 Å². The molecule has 1 amide bonds. The summed E-state index contributed by atoms with van der Waals surface area (Å²) in [6, 6.07) is 8.11. The van der Waals surface area contributed by atoms with E-state index in [1.807, 2.05) is 19.1 Å². The second kappa shape index (κ2) is 19.5. The van der Waals surface area contributed by atoms with E-state index in [2.05, 4.69) is 82.0 Å². The normalized spacial score (nSPS) is 10.5. The molecule has 0 aliphatic carbocycles. The van der Waals surface area contributed by atoms with Gasteiger partial charge < -0.3 is 14.8 Å². The van der Waals surface area contributed by atoms with E-state index < -0.39 is 6.09 Å². The quantitative estimate of drug-likeness (QED) is 0.269. The van der Waals surface area contributed by atoms with Crippen LogP contribution in [0.4, 0.5) is 4.79 Å². The number of terminal acetylenes is 1. The van der Waals surface area contributed by atoms with Crippen LogP contribution in [0.3, 0.4) is 0 Å². The molecule has 0 atom stereocenters. The molecule has 0 bridgehead atoms. The SMILES string of the molecule is C#C.C/C=C/CN(CCC)Cc1cccc(OCCNC(=O)OCC)c1.CC(C)(C)C. The van der Waals surface area contributed by atoms with Crippen molar-refractivity contribution in [1.29, 1.82) is 0 Å². The highest BCUT2D eigenvalue weighted by Crippen LogP contribution is 2.15. The van der Waals surface area contributed by atoms with Gasteiger partial charge in [0.25, 0.3) is 0 Å². The number of hydrogen-bond donors (Lipinski definition) is 1. The monoisotopic (exact) mass is 432 g/mol. The first-order valence-electron chi connectivity index (χ1n) is 11.0. The Hall–Kier alpha value is -2.45. The molecule has 31 heavy (non-hydrogen) atoms. The van der Waals surface area contributed by atoms with Gasteiger partial charge in [0.15, 0.2) is 0 Å². The number of carbonyl (C=O) groups is 1. The van der Waals surface area contributed by atoms with Gasteiger partial charge in [0.05, 0.1) is 13.2 Å². The van der Waals surface area contributed by atoms with Crippen LogP contribution < -0.4 is 10.1 Å². The second-order valence-corrected chi connectivity index (χ2v) is 8.45. The predicted molar refractivity (Wildman–Crippen MR) is 132 cm³/mol. The van der Waals surface area contributed by atoms with E-state index in [1.54, 1.807) is 6.92 Å². The summed E-state index contributed by atoms with van der Waals surface area (Å²) >= 11 is 0. The predicted octanol–water partition coefficient (Wildman–Crippen LogP) is 5.90. The van der Waals surface area contributed by atoms with Gasteiger partial charge in [-0.25, -0.2) is 4.79 Å². The lowest BCUT2D eigenvalue weighted by Crippen LogP contribution is -2.28. The van der Waals surface area contributed by atoms with Gasteiger partial charge in [-0.05, 0) is 49.9 Å². The van der Waals surface area contributed by atoms with Gasteiger partial charge in [-0.1, -0.05) is 58.9 Å². The highest BCUT2D eigenvalue weighted by Gasteiger charge is 2.05. The van der Waals surface area contributed by atoms with Crippen molar-refractivity contribution in [2.45, 2.75) is 61.4 Å².